The summed E-state index contributed by atoms with van der Waals surface area (Å²) in [4.78, 5) is 0. The molecule has 0 atom stereocenters. The van der Waals surface area contributed by atoms with Crippen LogP contribution in [0.4, 0.5) is 0 Å². The summed E-state index contributed by atoms with van der Waals surface area (Å²) in [5.74, 6) is 1.20. The van der Waals surface area contributed by atoms with Crippen LogP contribution in [0.15, 0.2) is 34.8 Å². The van der Waals surface area contributed by atoms with Crippen LogP contribution in [-0.2, 0) is 0 Å². The van der Waals surface area contributed by atoms with Gasteiger partial charge >= 0.3 is 0 Å². The molecule has 0 heterocycles. The normalized spacial score (nSPS) is 10.1. The highest BCUT2D eigenvalue weighted by atomic mass is 79.9. The summed E-state index contributed by atoms with van der Waals surface area (Å²) in [7, 11) is 0. The smallest absolute Gasteiger partial charge is 0.146 e. The van der Waals surface area contributed by atoms with Gasteiger partial charge in [-0.05, 0) is 65.2 Å². The maximum atomic E-state index is 9.15. The van der Waals surface area contributed by atoms with E-state index in [1.807, 2.05) is 38.1 Å². The van der Waals surface area contributed by atoms with Crippen molar-refractivity contribution in [3.8, 4) is 17.6 Å². The fourth-order valence-corrected chi connectivity index (χ4v) is 2.34. The molecule has 2 rings (SSSR count). The number of benzene rings is 2. The summed E-state index contributed by atoms with van der Waals surface area (Å²) in [6.45, 7) is 3.85. The van der Waals surface area contributed by atoms with Crippen molar-refractivity contribution in [2.24, 2.45) is 0 Å². The fraction of sp³-hybridized carbons (Fsp3) is 0.133. The van der Waals surface area contributed by atoms with Gasteiger partial charge in [-0.25, -0.2) is 0 Å². The highest BCUT2D eigenvalue weighted by Crippen LogP contribution is 2.32. The highest BCUT2D eigenvalue weighted by Gasteiger charge is 2.10. The van der Waals surface area contributed by atoms with Crippen molar-refractivity contribution in [3.63, 3.8) is 0 Å². The molecule has 4 heteroatoms. The summed E-state index contributed by atoms with van der Waals surface area (Å²) in [6, 6.07) is 11.2. The molecule has 2 aromatic rings. The monoisotopic (exact) mass is 335 g/mol. The Balaban J connectivity index is 2.43. The molecule has 0 radical (unpaired) electrons. The van der Waals surface area contributed by atoms with E-state index in [9.17, 15) is 0 Å². The molecule has 0 aliphatic carbocycles. The first-order valence-electron chi connectivity index (χ1n) is 5.66. The summed E-state index contributed by atoms with van der Waals surface area (Å²) in [5.41, 5.74) is 2.38. The first kappa shape index (κ1) is 13.9. The van der Waals surface area contributed by atoms with E-state index in [0.717, 1.165) is 20.6 Å². The van der Waals surface area contributed by atoms with Crippen molar-refractivity contribution in [2.75, 3.05) is 0 Å². The molecule has 0 saturated heterocycles. The van der Waals surface area contributed by atoms with Crippen molar-refractivity contribution < 1.29 is 4.74 Å². The topological polar surface area (TPSA) is 33.0 Å². The Morgan fingerprint density at radius 1 is 1.21 bits per heavy atom. The van der Waals surface area contributed by atoms with Crippen LogP contribution in [0.25, 0.3) is 0 Å². The third kappa shape index (κ3) is 2.91. The molecular formula is C15H11BrClNO. The van der Waals surface area contributed by atoms with E-state index in [1.165, 1.54) is 0 Å². The van der Waals surface area contributed by atoms with Crippen LogP contribution in [-0.4, -0.2) is 0 Å². The predicted molar refractivity (Wildman–Crippen MR) is 79.9 cm³/mol. The molecule has 96 valence electrons. The van der Waals surface area contributed by atoms with Crippen LogP contribution in [0.3, 0.4) is 0 Å². The van der Waals surface area contributed by atoms with Crippen LogP contribution in [0.1, 0.15) is 16.7 Å². The second kappa shape index (κ2) is 5.64. The third-order valence-electron chi connectivity index (χ3n) is 2.72. The Hall–Kier alpha value is -1.50. The van der Waals surface area contributed by atoms with E-state index in [1.54, 1.807) is 6.07 Å². The molecule has 0 N–H and O–H groups in total. The Morgan fingerprint density at radius 2 is 1.84 bits per heavy atom. The third-order valence-corrected chi connectivity index (χ3v) is 3.98. The molecule has 0 aliphatic rings. The number of halogens is 2. The minimum absolute atomic E-state index is 0.479. The van der Waals surface area contributed by atoms with Gasteiger partial charge < -0.3 is 4.74 Å². The van der Waals surface area contributed by atoms with E-state index < -0.39 is 0 Å². The molecule has 0 saturated carbocycles. The molecule has 0 aromatic heterocycles. The zero-order valence-electron chi connectivity index (χ0n) is 10.5. The largest absolute Gasteiger partial charge is 0.456 e. The van der Waals surface area contributed by atoms with Gasteiger partial charge in [0.05, 0.1) is 0 Å². The molecule has 0 unspecified atom stereocenters. The SMILES string of the molecule is Cc1cc(Oc2cccc(Br)c2C#N)cc(C)c1Cl. The summed E-state index contributed by atoms with van der Waals surface area (Å²) in [5, 5.41) is 9.89. The van der Waals surface area contributed by atoms with Crippen LogP contribution < -0.4 is 4.74 Å². The number of aryl methyl sites for hydroxylation is 2. The van der Waals surface area contributed by atoms with E-state index in [-0.39, 0.29) is 0 Å². The summed E-state index contributed by atoms with van der Waals surface area (Å²) >= 11 is 9.46. The molecule has 2 aromatic carbocycles. The average Bonchev–Trinajstić information content (AvgIpc) is 2.36. The fourth-order valence-electron chi connectivity index (χ4n) is 1.79. The van der Waals surface area contributed by atoms with Crippen LogP contribution in [0.2, 0.25) is 5.02 Å². The Morgan fingerprint density at radius 3 is 2.42 bits per heavy atom. The quantitative estimate of drug-likeness (QED) is 0.737. The minimum atomic E-state index is 0.479. The molecule has 2 nitrogen and oxygen atoms in total. The predicted octanol–water partition coefficient (Wildman–Crippen LogP) is 5.38. The summed E-state index contributed by atoms with van der Waals surface area (Å²) in [6.07, 6.45) is 0. The van der Waals surface area contributed by atoms with Crippen molar-refractivity contribution in [3.05, 3.63) is 56.5 Å². The van der Waals surface area contributed by atoms with Crippen LogP contribution in [0.5, 0.6) is 11.5 Å². The molecule has 0 spiro atoms. The van der Waals surface area contributed by atoms with Crippen molar-refractivity contribution >= 4 is 27.5 Å². The van der Waals surface area contributed by atoms with Gasteiger partial charge in [-0.2, -0.15) is 5.26 Å². The number of ether oxygens (including phenoxy) is 1. The van der Waals surface area contributed by atoms with Gasteiger partial charge in [-0.3, -0.25) is 0 Å². The lowest BCUT2D eigenvalue weighted by Crippen LogP contribution is -1.91. The van der Waals surface area contributed by atoms with E-state index in [2.05, 4.69) is 22.0 Å². The van der Waals surface area contributed by atoms with Crippen molar-refractivity contribution in [2.45, 2.75) is 13.8 Å². The zero-order chi connectivity index (χ0) is 14.0. The first-order valence-corrected chi connectivity index (χ1v) is 6.83. The lowest BCUT2D eigenvalue weighted by molar-refractivity contribution is 0.480. The average molecular weight is 337 g/mol. The molecule has 0 fully saturated rings. The van der Waals surface area contributed by atoms with Crippen LogP contribution in [0, 0.1) is 25.2 Å². The maximum absolute atomic E-state index is 9.15. The van der Waals surface area contributed by atoms with Gasteiger partial charge in [-0.15, -0.1) is 0 Å². The number of nitrogens with zero attached hydrogens (tertiary/aromatic N) is 1. The van der Waals surface area contributed by atoms with Crippen molar-refractivity contribution in [1.82, 2.24) is 0 Å². The first-order chi connectivity index (χ1) is 9.02. The standard InChI is InChI=1S/C15H11BrClNO/c1-9-6-11(7-10(2)15(9)17)19-14-5-3-4-13(16)12(14)8-18/h3-7H,1-2H3. The minimum Gasteiger partial charge on any atom is -0.456 e. The second-order valence-electron chi connectivity index (χ2n) is 4.20. The Bertz CT molecular complexity index is 653. The molecule has 0 aliphatic heterocycles. The van der Waals surface area contributed by atoms with E-state index in [0.29, 0.717) is 17.1 Å². The number of nitriles is 1. The van der Waals surface area contributed by atoms with Gasteiger partial charge in [0.15, 0.2) is 0 Å². The number of hydrogen-bond donors (Lipinski definition) is 0. The molecule has 0 bridgehead atoms. The van der Waals surface area contributed by atoms with Gasteiger partial charge in [0.2, 0.25) is 0 Å². The zero-order valence-corrected chi connectivity index (χ0v) is 12.8. The van der Waals surface area contributed by atoms with E-state index >= 15 is 0 Å². The van der Waals surface area contributed by atoms with Gasteiger partial charge in [-0.1, -0.05) is 17.7 Å². The van der Waals surface area contributed by atoms with Gasteiger partial charge in [0, 0.05) is 9.50 Å². The number of hydrogen-bond acceptors (Lipinski definition) is 2. The molecular weight excluding hydrogens is 326 g/mol. The highest BCUT2D eigenvalue weighted by molar-refractivity contribution is 9.10. The van der Waals surface area contributed by atoms with Crippen molar-refractivity contribution in [1.29, 1.82) is 5.26 Å². The molecule has 0 amide bonds. The number of rotatable bonds is 2. The van der Waals surface area contributed by atoms with Gasteiger partial charge in [0.25, 0.3) is 0 Å². The second-order valence-corrected chi connectivity index (χ2v) is 5.43. The lowest BCUT2D eigenvalue weighted by Gasteiger charge is -2.11. The van der Waals surface area contributed by atoms with Gasteiger partial charge in [0.1, 0.15) is 23.1 Å². The van der Waals surface area contributed by atoms with E-state index in [4.69, 9.17) is 21.6 Å². The van der Waals surface area contributed by atoms with Crippen LogP contribution >= 0.6 is 27.5 Å². The Kier molecular flexibility index (Phi) is 4.14. The molecule has 19 heavy (non-hydrogen) atoms. The lowest BCUT2D eigenvalue weighted by atomic mass is 10.1. The maximum Gasteiger partial charge on any atom is 0.146 e. The summed E-state index contributed by atoms with van der Waals surface area (Å²) < 4.78 is 6.50. The Labute approximate surface area is 125 Å².